The molecule has 5 heteroatoms. The number of carbonyl (C=O) groups is 1. The second-order valence-electron chi connectivity index (χ2n) is 6.37. The summed E-state index contributed by atoms with van der Waals surface area (Å²) in [5, 5.41) is 12.2. The summed E-state index contributed by atoms with van der Waals surface area (Å²) in [5.74, 6) is -0.858. The van der Waals surface area contributed by atoms with E-state index in [1.807, 2.05) is 0 Å². The van der Waals surface area contributed by atoms with Crippen LogP contribution in [0.1, 0.15) is 39.2 Å². The molecule has 0 radical (unpaired) electrons. The number of hydrogen-bond donors (Lipinski definition) is 2. The fraction of sp³-hybridized carbons (Fsp3) is 0.562. The van der Waals surface area contributed by atoms with Gasteiger partial charge in [0, 0.05) is 12.6 Å². The molecule has 0 aliphatic carbocycles. The number of carboxylic acids is 1. The van der Waals surface area contributed by atoms with Crippen LogP contribution < -0.4 is 10.1 Å². The van der Waals surface area contributed by atoms with Crippen molar-refractivity contribution in [3.63, 3.8) is 0 Å². The van der Waals surface area contributed by atoms with Crippen LogP contribution in [0.3, 0.4) is 0 Å². The van der Waals surface area contributed by atoms with Crippen LogP contribution in [0.5, 0.6) is 5.75 Å². The second kappa shape index (κ2) is 7.41. The van der Waals surface area contributed by atoms with Crippen molar-refractivity contribution in [2.24, 2.45) is 5.41 Å². The van der Waals surface area contributed by atoms with Gasteiger partial charge in [0.05, 0.1) is 7.11 Å². The topological polar surface area (TPSA) is 58.6 Å². The molecule has 1 rings (SSSR count). The summed E-state index contributed by atoms with van der Waals surface area (Å²) in [6.07, 6.45) is 1.33. The van der Waals surface area contributed by atoms with Crippen molar-refractivity contribution in [3.8, 4) is 5.75 Å². The summed E-state index contributed by atoms with van der Waals surface area (Å²) < 4.78 is 18.4. The molecule has 1 aromatic carbocycles. The van der Waals surface area contributed by atoms with Crippen LogP contribution in [0.25, 0.3) is 0 Å². The monoisotopic (exact) mass is 297 g/mol. The number of hydrogen-bond acceptors (Lipinski definition) is 3. The minimum absolute atomic E-state index is 0.0808. The zero-order chi connectivity index (χ0) is 16.0. The van der Waals surface area contributed by atoms with Gasteiger partial charge in [-0.05, 0) is 36.0 Å². The van der Waals surface area contributed by atoms with Gasteiger partial charge >= 0.3 is 5.97 Å². The van der Waals surface area contributed by atoms with Crippen LogP contribution in [0.15, 0.2) is 18.2 Å². The number of aliphatic carboxylic acids is 1. The molecule has 0 fully saturated rings. The number of halogens is 1. The van der Waals surface area contributed by atoms with Crippen LogP contribution in [0.4, 0.5) is 4.39 Å². The molecule has 0 amide bonds. The maximum absolute atomic E-state index is 13.4. The standard InChI is InChI=1S/C16H24FNO3/c1-16(2,3)6-5-14(15(19)20)18-10-11-7-12(17)9-13(8-11)21-4/h7-9,14,18H,5-6,10H2,1-4H3,(H,19,20)/t14-/m0/s1. The van der Waals surface area contributed by atoms with Gasteiger partial charge in [0.2, 0.25) is 0 Å². The molecule has 0 saturated heterocycles. The minimum Gasteiger partial charge on any atom is -0.497 e. The van der Waals surface area contributed by atoms with Gasteiger partial charge in [-0.1, -0.05) is 20.8 Å². The number of benzene rings is 1. The van der Waals surface area contributed by atoms with E-state index in [2.05, 4.69) is 26.1 Å². The van der Waals surface area contributed by atoms with Crippen LogP contribution in [-0.4, -0.2) is 24.2 Å². The van der Waals surface area contributed by atoms with Gasteiger partial charge in [-0.2, -0.15) is 0 Å². The molecule has 0 aromatic heterocycles. The lowest BCUT2D eigenvalue weighted by Crippen LogP contribution is -2.37. The maximum atomic E-state index is 13.4. The second-order valence-corrected chi connectivity index (χ2v) is 6.37. The molecule has 0 bridgehead atoms. The molecule has 2 N–H and O–H groups in total. The lowest BCUT2D eigenvalue weighted by atomic mass is 9.88. The van der Waals surface area contributed by atoms with Crippen LogP contribution in [0.2, 0.25) is 0 Å². The predicted molar refractivity (Wildman–Crippen MR) is 79.9 cm³/mol. The van der Waals surface area contributed by atoms with E-state index in [-0.39, 0.29) is 12.0 Å². The third-order valence-corrected chi connectivity index (χ3v) is 3.20. The van der Waals surface area contributed by atoms with E-state index < -0.39 is 17.8 Å². The fourth-order valence-electron chi connectivity index (χ4n) is 1.97. The first-order chi connectivity index (χ1) is 9.71. The molecule has 0 spiro atoms. The highest BCUT2D eigenvalue weighted by molar-refractivity contribution is 5.73. The lowest BCUT2D eigenvalue weighted by Gasteiger charge is -2.21. The van der Waals surface area contributed by atoms with Gasteiger partial charge < -0.3 is 15.2 Å². The molecule has 21 heavy (non-hydrogen) atoms. The van der Waals surface area contributed by atoms with Crippen molar-refractivity contribution in [2.75, 3.05) is 7.11 Å². The predicted octanol–water partition coefficient (Wildman–Crippen LogP) is 3.20. The van der Waals surface area contributed by atoms with Crippen molar-refractivity contribution >= 4 is 5.97 Å². The van der Waals surface area contributed by atoms with Gasteiger partial charge in [0.25, 0.3) is 0 Å². The van der Waals surface area contributed by atoms with Crippen molar-refractivity contribution < 1.29 is 19.0 Å². The average molecular weight is 297 g/mol. The molecule has 0 unspecified atom stereocenters. The Labute approximate surface area is 125 Å². The summed E-state index contributed by atoms with van der Waals surface area (Å²) >= 11 is 0. The molecule has 0 aliphatic rings. The first-order valence-electron chi connectivity index (χ1n) is 7.01. The number of carboxylic acid groups (broad SMARTS) is 1. The van der Waals surface area contributed by atoms with Gasteiger partial charge in [-0.25, -0.2) is 4.39 Å². The zero-order valence-corrected chi connectivity index (χ0v) is 13.1. The number of rotatable bonds is 7. The SMILES string of the molecule is COc1cc(F)cc(CN[C@@H](CCC(C)(C)C)C(=O)O)c1. The molecular formula is C16H24FNO3. The average Bonchev–Trinajstić information content (AvgIpc) is 2.36. The highest BCUT2D eigenvalue weighted by Crippen LogP contribution is 2.22. The van der Waals surface area contributed by atoms with Gasteiger partial charge in [-0.15, -0.1) is 0 Å². The molecule has 0 aliphatic heterocycles. The fourth-order valence-corrected chi connectivity index (χ4v) is 1.97. The summed E-state index contributed by atoms with van der Waals surface area (Å²) in [5.41, 5.74) is 0.742. The van der Waals surface area contributed by atoms with Crippen LogP contribution in [0, 0.1) is 11.2 Å². The first-order valence-corrected chi connectivity index (χ1v) is 7.01. The van der Waals surface area contributed by atoms with Crippen molar-refractivity contribution in [1.82, 2.24) is 5.32 Å². The highest BCUT2D eigenvalue weighted by Gasteiger charge is 2.20. The van der Waals surface area contributed by atoms with Gasteiger partial charge in [0.15, 0.2) is 0 Å². The van der Waals surface area contributed by atoms with Crippen molar-refractivity contribution in [2.45, 2.75) is 46.2 Å². The Morgan fingerprint density at radius 1 is 1.38 bits per heavy atom. The normalized spacial score (nSPS) is 13.0. The molecular weight excluding hydrogens is 273 g/mol. The Morgan fingerprint density at radius 3 is 2.57 bits per heavy atom. The van der Waals surface area contributed by atoms with Crippen molar-refractivity contribution in [3.05, 3.63) is 29.6 Å². The number of nitrogens with one attached hydrogen (secondary N) is 1. The molecule has 1 aromatic rings. The molecule has 0 heterocycles. The largest absolute Gasteiger partial charge is 0.497 e. The quantitative estimate of drug-likeness (QED) is 0.811. The lowest BCUT2D eigenvalue weighted by molar-refractivity contribution is -0.139. The summed E-state index contributed by atoms with van der Waals surface area (Å²) in [6, 6.07) is 3.72. The third kappa shape index (κ3) is 6.58. The molecule has 4 nitrogen and oxygen atoms in total. The number of ether oxygens (including phenoxy) is 1. The summed E-state index contributed by atoms with van der Waals surface area (Å²) in [7, 11) is 1.47. The smallest absolute Gasteiger partial charge is 0.320 e. The summed E-state index contributed by atoms with van der Waals surface area (Å²) in [4.78, 5) is 11.3. The summed E-state index contributed by atoms with van der Waals surface area (Å²) in [6.45, 7) is 6.51. The molecule has 0 saturated carbocycles. The van der Waals surface area contributed by atoms with Crippen LogP contribution in [-0.2, 0) is 11.3 Å². The Bertz CT molecular complexity index is 483. The Kier molecular flexibility index (Phi) is 6.15. The Hall–Kier alpha value is -1.62. The van der Waals surface area contributed by atoms with E-state index in [0.29, 0.717) is 17.7 Å². The van der Waals surface area contributed by atoms with E-state index in [1.54, 1.807) is 6.07 Å². The van der Waals surface area contributed by atoms with Gasteiger partial charge in [0.1, 0.15) is 17.6 Å². The minimum atomic E-state index is -0.886. The molecule has 118 valence electrons. The zero-order valence-electron chi connectivity index (χ0n) is 13.1. The van der Waals surface area contributed by atoms with E-state index in [4.69, 9.17) is 4.74 Å². The molecule has 1 atom stereocenters. The first kappa shape index (κ1) is 17.4. The van der Waals surface area contributed by atoms with Gasteiger partial charge in [-0.3, -0.25) is 4.79 Å². The maximum Gasteiger partial charge on any atom is 0.320 e. The van der Waals surface area contributed by atoms with Crippen LogP contribution >= 0.6 is 0 Å². The van der Waals surface area contributed by atoms with E-state index in [0.717, 1.165) is 6.42 Å². The van der Waals surface area contributed by atoms with E-state index in [9.17, 15) is 14.3 Å². The highest BCUT2D eigenvalue weighted by atomic mass is 19.1. The van der Waals surface area contributed by atoms with E-state index in [1.165, 1.54) is 19.2 Å². The van der Waals surface area contributed by atoms with E-state index >= 15 is 0 Å². The third-order valence-electron chi connectivity index (χ3n) is 3.20. The number of methoxy groups -OCH3 is 1. The Morgan fingerprint density at radius 2 is 2.05 bits per heavy atom. The van der Waals surface area contributed by atoms with Crippen molar-refractivity contribution in [1.29, 1.82) is 0 Å². The Balaban J connectivity index is 2.65.